The number of ether oxygens (including phenoxy) is 1. The highest BCUT2D eigenvalue weighted by atomic mass is 16.5. The Kier molecular flexibility index (Phi) is 3.99. The third-order valence-corrected chi connectivity index (χ3v) is 5.06. The van der Waals surface area contributed by atoms with Crippen LogP contribution in [0.3, 0.4) is 0 Å². The van der Waals surface area contributed by atoms with E-state index in [1.165, 1.54) is 12.0 Å². The van der Waals surface area contributed by atoms with Crippen LogP contribution in [0.1, 0.15) is 38.8 Å². The molecule has 4 unspecified atom stereocenters. The molecule has 2 aliphatic heterocycles. The van der Waals surface area contributed by atoms with Gasteiger partial charge in [-0.1, -0.05) is 38.5 Å². The van der Waals surface area contributed by atoms with Gasteiger partial charge in [-0.15, -0.1) is 0 Å². The Morgan fingerprint density at radius 1 is 1.40 bits per heavy atom. The fourth-order valence-corrected chi connectivity index (χ4v) is 3.43. The number of nitrogens with zero attached hydrogens (tertiary/aromatic N) is 1. The third-order valence-electron chi connectivity index (χ3n) is 5.06. The van der Waals surface area contributed by atoms with Crippen molar-refractivity contribution in [2.24, 2.45) is 5.92 Å². The van der Waals surface area contributed by atoms with Crippen molar-refractivity contribution in [2.75, 3.05) is 19.7 Å². The van der Waals surface area contributed by atoms with Gasteiger partial charge >= 0.3 is 0 Å². The second-order valence-electron chi connectivity index (χ2n) is 6.31. The van der Waals surface area contributed by atoms with Gasteiger partial charge in [0.25, 0.3) is 0 Å². The lowest BCUT2D eigenvalue weighted by atomic mass is 9.93. The van der Waals surface area contributed by atoms with Gasteiger partial charge < -0.3 is 10.1 Å². The van der Waals surface area contributed by atoms with Crippen LogP contribution < -0.4 is 10.1 Å². The zero-order chi connectivity index (χ0) is 14.1. The first-order chi connectivity index (χ1) is 9.70. The highest BCUT2D eigenvalue weighted by Crippen LogP contribution is 2.37. The van der Waals surface area contributed by atoms with Crippen molar-refractivity contribution < 1.29 is 4.74 Å². The molecular weight excluding hydrogens is 248 g/mol. The van der Waals surface area contributed by atoms with Gasteiger partial charge in [-0.2, -0.15) is 0 Å². The number of nitrogens with one attached hydrogen (secondary N) is 1. The van der Waals surface area contributed by atoms with Crippen LogP contribution in [0.2, 0.25) is 0 Å². The number of benzene rings is 1. The Balaban J connectivity index is 1.79. The van der Waals surface area contributed by atoms with E-state index in [2.05, 4.69) is 55.3 Å². The van der Waals surface area contributed by atoms with Gasteiger partial charge in [0.1, 0.15) is 12.4 Å². The van der Waals surface area contributed by atoms with Crippen LogP contribution in [0.5, 0.6) is 5.75 Å². The summed E-state index contributed by atoms with van der Waals surface area (Å²) in [5.41, 5.74) is 1.36. The van der Waals surface area contributed by atoms with E-state index in [1.54, 1.807) is 0 Å². The lowest BCUT2D eigenvalue weighted by Gasteiger charge is -2.43. The Morgan fingerprint density at radius 3 is 3.00 bits per heavy atom. The van der Waals surface area contributed by atoms with Gasteiger partial charge in [0.05, 0.1) is 6.04 Å². The molecule has 3 nitrogen and oxygen atoms in total. The smallest absolute Gasteiger partial charge is 0.124 e. The van der Waals surface area contributed by atoms with E-state index in [4.69, 9.17) is 4.74 Å². The van der Waals surface area contributed by atoms with Crippen molar-refractivity contribution in [1.82, 2.24) is 10.2 Å². The van der Waals surface area contributed by atoms with E-state index < -0.39 is 0 Å². The number of hydrogen-bond acceptors (Lipinski definition) is 3. The lowest BCUT2D eigenvalue weighted by Crippen LogP contribution is -2.58. The molecule has 0 saturated carbocycles. The number of hydrogen-bond donors (Lipinski definition) is 1. The van der Waals surface area contributed by atoms with E-state index in [0.717, 1.165) is 31.4 Å². The minimum Gasteiger partial charge on any atom is -0.491 e. The molecule has 0 radical (unpaired) electrons. The van der Waals surface area contributed by atoms with Crippen LogP contribution in [-0.2, 0) is 0 Å². The summed E-state index contributed by atoms with van der Waals surface area (Å²) in [6.45, 7) is 9.96. The zero-order valence-corrected chi connectivity index (χ0v) is 12.8. The maximum atomic E-state index is 5.87. The molecule has 0 spiro atoms. The van der Waals surface area contributed by atoms with Crippen LogP contribution >= 0.6 is 0 Å². The van der Waals surface area contributed by atoms with E-state index in [0.29, 0.717) is 18.1 Å². The quantitative estimate of drug-likeness (QED) is 0.917. The minimum atomic E-state index is 0.426. The first-order valence-corrected chi connectivity index (χ1v) is 7.91. The lowest BCUT2D eigenvalue weighted by molar-refractivity contribution is 0.0636. The molecule has 1 aromatic carbocycles. The largest absolute Gasteiger partial charge is 0.491 e. The fraction of sp³-hybridized carbons (Fsp3) is 0.647. The van der Waals surface area contributed by atoms with Crippen LogP contribution in [-0.4, -0.2) is 36.7 Å². The fourth-order valence-electron chi connectivity index (χ4n) is 3.43. The van der Waals surface area contributed by atoms with E-state index in [9.17, 15) is 0 Å². The number of fused-ring (bicyclic) bond motifs is 1. The molecule has 3 heteroatoms. The van der Waals surface area contributed by atoms with Crippen LogP contribution in [0.25, 0.3) is 0 Å². The van der Waals surface area contributed by atoms with Gasteiger partial charge in [0.2, 0.25) is 0 Å². The van der Waals surface area contributed by atoms with E-state index in [1.807, 2.05) is 0 Å². The topological polar surface area (TPSA) is 24.5 Å². The number of piperazine rings is 1. The Labute approximate surface area is 122 Å². The van der Waals surface area contributed by atoms with E-state index >= 15 is 0 Å². The minimum absolute atomic E-state index is 0.426. The molecule has 2 aliphatic rings. The highest BCUT2D eigenvalue weighted by Gasteiger charge is 2.36. The van der Waals surface area contributed by atoms with E-state index in [-0.39, 0.29) is 0 Å². The third kappa shape index (κ3) is 2.45. The molecule has 1 saturated heterocycles. The molecule has 0 aliphatic carbocycles. The molecule has 0 aromatic heterocycles. The Morgan fingerprint density at radius 2 is 2.20 bits per heavy atom. The van der Waals surface area contributed by atoms with Gasteiger partial charge in [0, 0.05) is 30.7 Å². The molecule has 0 bridgehead atoms. The predicted molar refractivity (Wildman–Crippen MR) is 82.1 cm³/mol. The van der Waals surface area contributed by atoms with Crippen molar-refractivity contribution >= 4 is 0 Å². The standard InChI is InChI=1S/C17H26N2O/c1-4-12(2)15-10-19(13(3)9-18-15)16-11-20-17-8-6-5-7-14(16)17/h5-8,12-13,15-16,18H,4,9-11H2,1-3H3. The van der Waals surface area contributed by atoms with Crippen LogP contribution in [0, 0.1) is 5.92 Å². The molecule has 110 valence electrons. The van der Waals surface area contributed by atoms with Crippen molar-refractivity contribution in [3.63, 3.8) is 0 Å². The molecule has 1 fully saturated rings. The summed E-state index contributed by atoms with van der Waals surface area (Å²) in [5, 5.41) is 3.71. The summed E-state index contributed by atoms with van der Waals surface area (Å²) in [7, 11) is 0. The monoisotopic (exact) mass is 274 g/mol. The SMILES string of the molecule is CCC(C)C1CN(C2COc3ccccc32)C(C)CN1. The van der Waals surface area contributed by atoms with Crippen LogP contribution in [0.4, 0.5) is 0 Å². The van der Waals surface area contributed by atoms with Gasteiger partial charge in [-0.3, -0.25) is 4.90 Å². The summed E-state index contributed by atoms with van der Waals surface area (Å²) >= 11 is 0. The normalized spacial score (nSPS) is 31.6. The Bertz CT molecular complexity index is 462. The highest BCUT2D eigenvalue weighted by molar-refractivity contribution is 5.39. The zero-order valence-electron chi connectivity index (χ0n) is 12.8. The molecule has 4 atom stereocenters. The second-order valence-corrected chi connectivity index (χ2v) is 6.31. The van der Waals surface area contributed by atoms with Crippen molar-refractivity contribution in [2.45, 2.75) is 45.3 Å². The summed E-state index contributed by atoms with van der Waals surface area (Å²) < 4.78 is 5.87. The predicted octanol–water partition coefficient (Wildman–Crippen LogP) is 2.83. The molecule has 1 N–H and O–H groups in total. The van der Waals surface area contributed by atoms with Gasteiger partial charge in [-0.25, -0.2) is 0 Å². The van der Waals surface area contributed by atoms with Crippen molar-refractivity contribution in [3.8, 4) is 5.75 Å². The number of para-hydroxylation sites is 1. The first kappa shape index (κ1) is 13.9. The van der Waals surface area contributed by atoms with Crippen molar-refractivity contribution in [1.29, 1.82) is 0 Å². The molecule has 3 rings (SSSR count). The molecule has 20 heavy (non-hydrogen) atoms. The van der Waals surface area contributed by atoms with Crippen LogP contribution in [0.15, 0.2) is 24.3 Å². The number of rotatable bonds is 3. The molecular formula is C17H26N2O. The molecule has 1 aromatic rings. The Hall–Kier alpha value is -1.06. The first-order valence-electron chi connectivity index (χ1n) is 7.91. The summed E-state index contributed by atoms with van der Waals surface area (Å²) in [6.07, 6.45) is 1.23. The maximum Gasteiger partial charge on any atom is 0.124 e. The summed E-state index contributed by atoms with van der Waals surface area (Å²) in [5.74, 6) is 1.80. The van der Waals surface area contributed by atoms with Crippen molar-refractivity contribution in [3.05, 3.63) is 29.8 Å². The second kappa shape index (κ2) is 5.74. The molecule has 0 amide bonds. The average Bonchev–Trinajstić information content (AvgIpc) is 2.91. The van der Waals surface area contributed by atoms with Gasteiger partial charge in [-0.05, 0) is 18.9 Å². The summed E-state index contributed by atoms with van der Waals surface area (Å²) in [6, 6.07) is 10.1. The molecule has 2 heterocycles. The average molecular weight is 274 g/mol. The summed E-state index contributed by atoms with van der Waals surface area (Å²) in [4.78, 5) is 2.64. The van der Waals surface area contributed by atoms with Gasteiger partial charge in [0.15, 0.2) is 0 Å². The maximum absolute atomic E-state index is 5.87.